The summed E-state index contributed by atoms with van der Waals surface area (Å²) >= 11 is 6.62. The average Bonchev–Trinajstić information content (AvgIpc) is 3.40. The zero-order valence-electron chi connectivity index (χ0n) is 16.8. The third-order valence-electron chi connectivity index (χ3n) is 4.25. The lowest BCUT2D eigenvalue weighted by Gasteiger charge is -2.10. The van der Waals surface area contributed by atoms with Crippen molar-refractivity contribution in [2.24, 2.45) is 0 Å². The van der Waals surface area contributed by atoms with Crippen LogP contribution in [0.1, 0.15) is 15.2 Å². The molecule has 2 heterocycles. The lowest BCUT2D eigenvalue weighted by molar-refractivity contribution is 0.0607. The van der Waals surface area contributed by atoms with E-state index in [4.69, 9.17) is 26.4 Å². The molecule has 0 unspecified atom stereocenters. The Kier molecular flexibility index (Phi) is 7.26. The predicted molar refractivity (Wildman–Crippen MR) is 121 cm³/mol. The molecule has 3 aromatic rings. The second-order valence-corrected chi connectivity index (χ2v) is 7.49. The molecule has 3 rings (SSSR count). The number of carbonyl (C=O) groups excluding carboxylic acids is 1. The minimum absolute atomic E-state index is 0.359. The molecule has 0 atom stereocenters. The number of esters is 1. The van der Waals surface area contributed by atoms with Gasteiger partial charge in [-0.2, -0.15) is 5.10 Å². The molecule has 2 N–H and O–H groups in total. The molecule has 1 aromatic carbocycles. The number of thiocarbonyl (C=S) groups is 1. The summed E-state index contributed by atoms with van der Waals surface area (Å²) in [6, 6.07) is 7.63. The second kappa shape index (κ2) is 10.1. The molecule has 0 aliphatic rings. The lowest BCUT2D eigenvalue weighted by atomic mass is 10.1. The van der Waals surface area contributed by atoms with Crippen LogP contribution >= 0.6 is 23.6 Å². The Labute approximate surface area is 183 Å². The maximum atomic E-state index is 11.8. The van der Waals surface area contributed by atoms with Crippen LogP contribution in [0.5, 0.6) is 11.5 Å². The van der Waals surface area contributed by atoms with Gasteiger partial charge in [-0.1, -0.05) is 6.07 Å². The Morgan fingerprint density at radius 3 is 2.70 bits per heavy atom. The fourth-order valence-corrected chi connectivity index (χ4v) is 3.77. The quantitative estimate of drug-likeness (QED) is 0.399. The van der Waals surface area contributed by atoms with Crippen molar-refractivity contribution in [2.45, 2.75) is 13.0 Å². The Balaban J connectivity index is 1.56. The first kappa shape index (κ1) is 21.6. The number of thiophene rings is 1. The summed E-state index contributed by atoms with van der Waals surface area (Å²) in [4.78, 5) is 12.2. The van der Waals surface area contributed by atoms with Crippen LogP contribution in [0.3, 0.4) is 0 Å². The predicted octanol–water partition coefficient (Wildman–Crippen LogP) is 3.80. The third-order valence-corrected chi connectivity index (χ3v) is 5.35. The van der Waals surface area contributed by atoms with Gasteiger partial charge in [-0.15, -0.1) is 11.3 Å². The number of nitrogens with zero attached hydrogens (tertiary/aromatic N) is 2. The summed E-state index contributed by atoms with van der Waals surface area (Å²) in [7, 11) is 4.58. The van der Waals surface area contributed by atoms with E-state index in [9.17, 15) is 4.79 Å². The number of rotatable bonds is 8. The highest BCUT2D eigenvalue weighted by molar-refractivity contribution is 7.80. The average molecular weight is 447 g/mol. The van der Waals surface area contributed by atoms with Crippen molar-refractivity contribution < 1.29 is 19.0 Å². The number of carbonyl (C=O) groups is 1. The van der Waals surface area contributed by atoms with E-state index in [1.807, 2.05) is 29.1 Å². The number of aryl methyl sites for hydroxylation is 2. The van der Waals surface area contributed by atoms with Gasteiger partial charge in [-0.3, -0.25) is 4.68 Å². The number of anilines is 2. The smallest absolute Gasteiger partial charge is 0.350 e. The summed E-state index contributed by atoms with van der Waals surface area (Å²) in [5.41, 5.74) is 2.46. The van der Waals surface area contributed by atoms with E-state index < -0.39 is 5.97 Å². The van der Waals surface area contributed by atoms with E-state index in [2.05, 4.69) is 15.7 Å². The van der Waals surface area contributed by atoms with Gasteiger partial charge in [0.2, 0.25) is 0 Å². The van der Waals surface area contributed by atoms with Crippen LogP contribution in [0.2, 0.25) is 0 Å². The van der Waals surface area contributed by atoms with Crippen molar-refractivity contribution in [1.82, 2.24) is 9.78 Å². The van der Waals surface area contributed by atoms with Crippen LogP contribution in [0.4, 0.5) is 11.4 Å². The Morgan fingerprint density at radius 1 is 1.17 bits per heavy atom. The number of methoxy groups -OCH3 is 3. The topological polar surface area (TPSA) is 86.6 Å². The summed E-state index contributed by atoms with van der Waals surface area (Å²) in [6.45, 7) is 0.689. The van der Waals surface area contributed by atoms with Gasteiger partial charge >= 0.3 is 5.97 Å². The number of benzene rings is 1. The molecule has 0 aliphatic carbocycles. The summed E-state index contributed by atoms with van der Waals surface area (Å²) in [6.07, 6.45) is 4.34. The largest absolute Gasteiger partial charge is 0.493 e. The molecule has 0 bridgehead atoms. The van der Waals surface area contributed by atoms with Crippen LogP contribution in [-0.2, 0) is 17.7 Å². The Hall–Kier alpha value is -3.11. The molecule has 8 nitrogen and oxygen atoms in total. The highest BCUT2D eigenvalue weighted by atomic mass is 32.1. The van der Waals surface area contributed by atoms with Crippen molar-refractivity contribution in [3.8, 4) is 11.5 Å². The van der Waals surface area contributed by atoms with Gasteiger partial charge in [0.1, 0.15) is 4.88 Å². The van der Waals surface area contributed by atoms with Crippen molar-refractivity contribution in [1.29, 1.82) is 0 Å². The Bertz CT molecular complexity index is 1030. The van der Waals surface area contributed by atoms with Crippen LogP contribution < -0.4 is 20.1 Å². The van der Waals surface area contributed by atoms with Gasteiger partial charge in [0.05, 0.1) is 38.9 Å². The van der Waals surface area contributed by atoms with Crippen molar-refractivity contribution in [3.63, 3.8) is 0 Å². The van der Waals surface area contributed by atoms with Crippen LogP contribution in [0.15, 0.2) is 42.0 Å². The molecular weight excluding hydrogens is 424 g/mol. The lowest BCUT2D eigenvalue weighted by Crippen LogP contribution is -2.19. The maximum Gasteiger partial charge on any atom is 0.350 e. The molecule has 0 amide bonds. The van der Waals surface area contributed by atoms with E-state index in [1.54, 1.807) is 31.9 Å². The van der Waals surface area contributed by atoms with E-state index in [0.29, 0.717) is 33.7 Å². The number of ether oxygens (including phenoxy) is 3. The highest BCUT2D eigenvalue weighted by Crippen LogP contribution is 2.28. The molecule has 0 radical (unpaired) electrons. The summed E-state index contributed by atoms with van der Waals surface area (Å²) in [5.74, 6) is 1.00. The van der Waals surface area contributed by atoms with Gasteiger partial charge in [-0.25, -0.2) is 4.79 Å². The van der Waals surface area contributed by atoms with Gasteiger partial charge in [0.25, 0.3) is 0 Å². The highest BCUT2D eigenvalue weighted by Gasteiger charge is 2.14. The zero-order valence-corrected chi connectivity index (χ0v) is 18.4. The summed E-state index contributed by atoms with van der Waals surface area (Å²) < 4.78 is 17.2. The molecular formula is C20H22N4O4S2. The van der Waals surface area contributed by atoms with E-state index >= 15 is 0 Å². The minimum atomic E-state index is -0.404. The van der Waals surface area contributed by atoms with Gasteiger partial charge < -0.3 is 24.8 Å². The number of hydrogen-bond acceptors (Lipinski definition) is 7. The van der Waals surface area contributed by atoms with Crippen molar-refractivity contribution in [2.75, 3.05) is 32.0 Å². The number of aromatic nitrogens is 2. The normalized spacial score (nSPS) is 10.4. The molecule has 0 saturated carbocycles. The third kappa shape index (κ3) is 5.28. The molecule has 2 aromatic heterocycles. The first-order valence-corrected chi connectivity index (χ1v) is 10.3. The molecule has 0 fully saturated rings. The molecule has 0 saturated heterocycles. The Morgan fingerprint density at radius 2 is 1.97 bits per heavy atom. The molecule has 10 heteroatoms. The fourth-order valence-electron chi connectivity index (χ4n) is 2.77. The van der Waals surface area contributed by atoms with Gasteiger partial charge in [0.15, 0.2) is 16.6 Å². The maximum absolute atomic E-state index is 11.8. The van der Waals surface area contributed by atoms with E-state index in [0.717, 1.165) is 17.7 Å². The van der Waals surface area contributed by atoms with E-state index in [-0.39, 0.29) is 0 Å². The number of nitrogens with one attached hydrogen (secondary N) is 2. The molecule has 0 aliphatic heterocycles. The van der Waals surface area contributed by atoms with Crippen LogP contribution in [0.25, 0.3) is 0 Å². The van der Waals surface area contributed by atoms with Crippen LogP contribution in [0, 0.1) is 0 Å². The number of hydrogen-bond donors (Lipinski definition) is 2. The first-order valence-electron chi connectivity index (χ1n) is 9.01. The first-order chi connectivity index (χ1) is 14.5. The standard InChI is InChI=1S/C20H22N4O4S2/c1-26-16-5-4-13(10-17(16)27-2)6-8-24-12-14(11-21-24)22-20(29)23-15-7-9-30-18(15)19(25)28-3/h4-5,7,9-12H,6,8H2,1-3H3,(H2,22,23,29). The SMILES string of the molecule is COC(=O)c1sccc1NC(=S)Nc1cnn(CCc2ccc(OC)c(OC)c2)c1. The van der Waals surface area contributed by atoms with Gasteiger partial charge in [0, 0.05) is 12.7 Å². The van der Waals surface area contributed by atoms with Crippen molar-refractivity contribution in [3.05, 3.63) is 52.5 Å². The molecule has 30 heavy (non-hydrogen) atoms. The van der Waals surface area contributed by atoms with E-state index in [1.165, 1.54) is 18.4 Å². The molecule has 0 spiro atoms. The van der Waals surface area contributed by atoms with Crippen LogP contribution in [-0.4, -0.2) is 42.2 Å². The summed E-state index contributed by atoms with van der Waals surface area (Å²) in [5, 5.41) is 12.6. The monoisotopic (exact) mass is 446 g/mol. The molecule has 158 valence electrons. The van der Waals surface area contributed by atoms with Crippen molar-refractivity contribution >= 4 is 46.0 Å². The van der Waals surface area contributed by atoms with Gasteiger partial charge in [-0.05, 0) is 47.8 Å². The second-order valence-electron chi connectivity index (χ2n) is 6.17. The zero-order chi connectivity index (χ0) is 21.5. The minimum Gasteiger partial charge on any atom is -0.493 e. The fraction of sp³-hybridized carbons (Fsp3) is 0.250.